The van der Waals surface area contributed by atoms with Gasteiger partial charge in [0.2, 0.25) is 0 Å². The van der Waals surface area contributed by atoms with Crippen molar-refractivity contribution in [2.24, 2.45) is 0 Å². The van der Waals surface area contributed by atoms with Crippen molar-refractivity contribution in [2.45, 2.75) is 32.0 Å². The molecule has 2 heterocycles. The van der Waals surface area contributed by atoms with Crippen LogP contribution in [0.15, 0.2) is 41.1 Å². The summed E-state index contributed by atoms with van der Waals surface area (Å²) < 4.78 is 7.87. The monoisotopic (exact) mass is 301 g/mol. The van der Waals surface area contributed by atoms with E-state index in [-0.39, 0.29) is 0 Å². The van der Waals surface area contributed by atoms with Crippen LogP contribution in [-0.4, -0.2) is 15.8 Å². The normalized spacial score (nSPS) is 14.9. The molecule has 4 nitrogen and oxygen atoms in total. The van der Waals surface area contributed by atoms with Crippen LogP contribution in [0.4, 0.5) is 0 Å². The van der Waals surface area contributed by atoms with Crippen molar-refractivity contribution < 1.29 is 4.42 Å². The van der Waals surface area contributed by atoms with E-state index in [1.54, 1.807) is 6.20 Å². The number of hydrogen-bond acceptors (Lipinski definition) is 3. The van der Waals surface area contributed by atoms with Crippen LogP contribution in [0.3, 0.4) is 0 Å². The summed E-state index contributed by atoms with van der Waals surface area (Å²) in [5.74, 6) is 0.995. The first-order chi connectivity index (χ1) is 10.3. The number of furan rings is 1. The summed E-state index contributed by atoms with van der Waals surface area (Å²) in [5.41, 5.74) is 2.11. The topological polar surface area (TPSA) is 43.0 Å². The Hall–Kier alpha value is -1.78. The second-order valence-corrected chi connectivity index (χ2v) is 5.95. The Morgan fingerprint density at radius 3 is 2.95 bits per heavy atom. The van der Waals surface area contributed by atoms with Gasteiger partial charge in [0, 0.05) is 23.2 Å². The summed E-state index contributed by atoms with van der Waals surface area (Å²) in [7, 11) is 0. The minimum atomic E-state index is 0.653. The standard InChI is InChI=1S/C16H16ClN3O/c17-11-7-19-20(9-11)10-14-13-3-1-2-4-15(13)21-16(14)8-18-12-5-6-12/h1-4,7,9,12,18H,5-6,8,10H2. The van der Waals surface area contributed by atoms with Crippen molar-refractivity contribution in [3.05, 3.63) is 53.0 Å². The molecule has 0 saturated heterocycles. The number of rotatable bonds is 5. The van der Waals surface area contributed by atoms with Gasteiger partial charge in [0.25, 0.3) is 0 Å². The fraction of sp³-hybridized carbons (Fsp3) is 0.312. The number of fused-ring (bicyclic) bond motifs is 1. The fourth-order valence-corrected chi connectivity index (χ4v) is 2.73. The molecule has 1 aliphatic rings. The molecule has 0 radical (unpaired) electrons. The van der Waals surface area contributed by atoms with Crippen LogP contribution in [0.2, 0.25) is 5.02 Å². The Morgan fingerprint density at radius 2 is 2.19 bits per heavy atom. The number of hydrogen-bond donors (Lipinski definition) is 1. The Balaban J connectivity index is 1.70. The highest BCUT2D eigenvalue weighted by molar-refractivity contribution is 6.30. The first-order valence-electron chi connectivity index (χ1n) is 7.20. The number of nitrogens with one attached hydrogen (secondary N) is 1. The molecule has 0 unspecified atom stereocenters. The molecule has 0 spiro atoms. The largest absolute Gasteiger partial charge is 0.459 e. The van der Waals surface area contributed by atoms with E-state index in [0.717, 1.165) is 23.3 Å². The molecule has 0 bridgehead atoms. The average molecular weight is 302 g/mol. The van der Waals surface area contributed by atoms with E-state index in [2.05, 4.69) is 16.5 Å². The van der Waals surface area contributed by atoms with E-state index < -0.39 is 0 Å². The van der Waals surface area contributed by atoms with Gasteiger partial charge >= 0.3 is 0 Å². The Bertz CT molecular complexity index is 773. The second kappa shape index (κ2) is 5.20. The minimum Gasteiger partial charge on any atom is -0.459 e. The highest BCUT2D eigenvalue weighted by Crippen LogP contribution is 2.28. The molecule has 4 rings (SSSR count). The third-order valence-corrected chi connectivity index (χ3v) is 4.03. The molecule has 1 fully saturated rings. The van der Waals surface area contributed by atoms with E-state index in [1.165, 1.54) is 18.4 Å². The van der Waals surface area contributed by atoms with Gasteiger partial charge in [-0.05, 0) is 18.9 Å². The van der Waals surface area contributed by atoms with Gasteiger partial charge in [-0.3, -0.25) is 4.68 Å². The van der Waals surface area contributed by atoms with Crippen LogP contribution < -0.4 is 5.32 Å². The maximum Gasteiger partial charge on any atom is 0.134 e. The van der Waals surface area contributed by atoms with E-state index in [1.807, 2.05) is 29.1 Å². The number of halogens is 1. The van der Waals surface area contributed by atoms with Gasteiger partial charge in [0.15, 0.2) is 0 Å². The number of para-hydroxylation sites is 1. The first kappa shape index (κ1) is 12.9. The molecular formula is C16H16ClN3O. The summed E-state index contributed by atoms with van der Waals surface area (Å²) in [6.45, 7) is 1.44. The summed E-state index contributed by atoms with van der Waals surface area (Å²) in [6.07, 6.45) is 6.03. The van der Waals surface area contributed by atoms with Crippen molar-refractivity contribution >= 4 is 22.6 Å². The Labute approximate surface area is 127 Å². The molecule has 5 heteroatoms. The molecule has 0 amide bonds. The third kappa shape index (κ3) is 2.69. The molecule has 108 valence electrons. The Kier molecular flexibility index (Phi) is 3.20. The Morgan fingerprint density at radius 1 is 1.33 bits per heavy atom. The van der Waals surface area contributed by atoms with E-state index in [9.17, 15) is 0 Å². The highest BCUT2D eigenvalue weighted by atomic mass is 35.5. The van der Waals surface area contributed by atoms with E-state index >= 15 is 0 Å². The van der Waals surface area contributed by atoms with Gasteiger partial charge in [-0.25, -0.2) is 0 Å². The fourth-order valence-electron chi connectivity index (χ4n) is 2.58. The smallest absolute Gasteiger partial charge is 0.134 e. The second-order valence-electron chi connectivity index (χ2n) is 5.51. The van der Waals surface area contributed by atoms with Crippen LogP contribution in [-0.2, 0) is 13.1 Å². The summed E-state index contributed by atoms with van der Waals surface area (Å²) in [5, 5.41) is 9.59. The average Bonchev–Trinajstić information content (AvgIpc) is 3.14. The van der Waals surface area contributed by atoms with Crippen LogP contribution in [0, 0.1) is 0 Å². The van der Waals surface area contributed by atoms with Gasteiger partial charge in [-0.2, -0.15) is 5.10 Å². The zero-order valence-electron chi connectivity index (χ0n) is 11.6. The molecule has 2 aromatic heterocycles. The summed E-state index contributed by atoms with van der Waals surface area (Å²) >= 11 is 5.95. The summed E-state index contributed by atoms with van der Waals surface area (Å²) in [4.78, 5) is 0. The van der Waals surface area contributed by atoms with Crippen molar-refractivity contribution in [3.8, 4) is 0 Å². The van der Waals surface area contributed by atoms with Crippen molar-refractivity contribution in [1.82, 2.24) is 15.1 Å². The molecular weight excluding hydrogens is 286 g/mol. The minimum absolute atomic E-state index is 0.653. The van der Waals surface area contributed by atoms with Gasteiger partial charge in [-0.1, -0.05) is 29.8 Å². The van der Waals surface area contributed by atoms with Crippen LogP contribution in [0.25, 0.3) is 11.0 Å². The molecule has 0 aliphatic heterocycles. The maximum absolute atomic E-state index is 6.02. The van der Waals surface area contributed by atoms with Crippen LogP contribution >= 0.6 is 11.6 Å². The number of nitrogens with zero attached hydrogens (tertiary/aromatic N) is 2. The zero-order valence-corrected chi connectivity index (χ0v) is 12.3. The predicted molar refractivity (Wildman–Crippen MR) is 82.4 cm³/mol. The molecule has 1 aromatic carbocycles. The van der Waals surface area contributed by atoms with Crippen molar-refractivity contribution in [2.75, 3.05) is 0 Å². The van der Waals surface area contributed by atoms with Crippen LogP contribution in [0.1, 0.15) is 24.2 Å². The maximum atomic E-state index is 6.02. The van der Waals surface area contributed by atoms with Gasteiger partial charge < -0.3 is 9.73 Å². The highest BCUT2D eigenvalue weighted by Gasteiger charge is 2.22. The number of aromatic nitrogens is 2. The molecule has 21 heavy (non-hydrogen) atoms. The molecule has 0 atom stereocenters. The number of benzene rings is 1. The first-order valence-corrected chi connectivity index (χ1v) is 7.58. The van der Waals surface area contributed by atoms with Crippen molar-refractivity contribution in [1.29, 1.82) is 0 Å². The lowest BCUT2D eigenvalue weighted by Gasteiger charge is -2.05. The van der Waals surface area contributed by atoms with E-state index in [4.69, 9.17) is 16.0 Å². The SMILES string of the molecule is Clc1cnn(Cc2c(CNC3CC3)oc3ccccc23)c1. The lowest BCUT2D eigenvalue weighted by molar-refractivity contribution is 0.501. The molecule has 3 aromatic rings. The van der Waals surface area contributed by atoms with Gasteiger partial charge in [0.05, 0.1) is 24.3 Å². The van der Waals surface area contributed by atoms with Crippen LogP contribution in [0.5, 0.6) is 0 Å². The van der Waals surface area contributed by atoms with Crippen molar-refractivity contribution in [3.63, 3.8) is 0 Å². The van der Waals surface area contributed by atoms with Gasteiger partial charge in [0.1, 0.15) is 11.3 Å². The van der Waals surface area contributed by atoms with Gasteiger partial charge in [-0.15, -0.1) is 0 Å². The lowest BCUT2D eigenvalue weighted by Crippen LogP contribution is -2.16. The lowest BCUT2D eigenvalue weighted by atomic mass is 10.1. The molecule has 1 N–H and O–H groups in total. The molecule has 1 aliphatic carbocycles. The zero-order chi connectivity index (χ0) is 14.2. The summed E-state index contributed by atoms with van der Waals surface area (Å²) in [6, 6.07) is 8.80. The third-order valence-electron chi connectivity index (χ3n) is 3.83. The van der Waals surface area contributed by atoms with E-state index in [0.29, 0.717) is 17.6 Å². The molecule has 1 saturated carbocycles. The quantitative estimate of drug-likeness (QED) is 0.783. The predicted octanol–water partition coefficient (Wildman–Crippen LogP) is 3.58.